The van der Waals surface area contributed by atoms with Gasteiger partial charge in [0.25, 0.3) is 0 Å². The predicted molar refractivity (Wildman–Crippen MR) is 90.1 cm³/mol. The monoisotopic (exact) mass is 289 g/mol. The molecule has 0 atom stereocenters. The van der Waals surface area contributed by atoms with E-state index < -0.39 is 8.07 Å². The molecule has 0 aliphatic heterocycles. The molecule has 1 N–H and O–H groups in total. The quantitative estimate of drug-likeness (QED) is 0.661. The Morgan fingerprint density at radius 3 is 2.55 bits per heavy atom. The molecule has 0 heterocycles. The SMILES string of the molecule is C[Si](C)(C)c1cccc(C=NCC2CCCCC2)c1O. The van der Waals surface area contributed by atoms with Crippen molar-refractivity contribution in [2.45, 2.75) is 51.7 Å². The highest BCUT2D eigenvalue weighted by atomic mass is 28.3. The highest BCUT2D eigenvalue weighted by Gasteiger charge is 2.21. The first-order chi connectivity index (χ1) is 9.48. The van der Waals surface area contributed by atoms with Crippen LogP contribution in [0.3, 0.4) is 0 Å². The van der Waals surface area contributed by atoms with Crippen LogP contribution < -0.4 is 5.19 Å². The number of para-hydroxylation sites is 1. The molecule has 0 saturated heterocycles. The fourth-order valence-electron chi connectivity index (χ4n) is 2.94. The molecule has 3 heteroatoms. The first-order valence-corrected chi connectivity index (χ1v) is 11.3. The maximum absolute atomic E-state index is 10.4. The number of hydrogen-bond acceptors (Lipinski definition) is 2. The molecule has 0 radical (unpaired) electrons. The first kappa shape index (κ1) is 15.3. The molecule has 0 aromatic heterocycles. The smallest absolute Gasteiger partial charge is 0.123 e. The van der Waals surface area contributed by atoms with Crippen LogP contribution in [0.1, 0.15) is 37.7 Å². The summed E-state index contributed by atoms with van der Waals surface area (Å²) in [6.45, 7) is 7.68. The zero-order valence-electron chi connectivity index (χ0n) is 13.0. The molecule has 0 spiro atoms. The zero-order chi connectivity index (χ0) is 14.6. The third-order valence-electron chi connectivity index (χ3n) is 4.19. The molecule has 0 amide bonds. The Labute approximate surface area is 124 Å². The highest BCUT2D eigenvalue weighted by Crippen LogP contribution is 2.24. The van der Waals surface area contributed by atoms with Crippen molar-refractivity contribution in [2.75, 3.05) is 6.54 Å². The van der Waals surface area contributed by atoms with Crippen molar-refractivity contribution in [1.29, 1.82) is 0 Å². The average molecular weight is 289 g/mol. The van der Waals surface area contributed by atoms with Gasteiger partial charge in [-0.15, -0.1) is 0 Å². The Kier molecular flexibility index (Phi) is 5.03. The van der Waals surface area contributed by atoms with E-state index in [2.05, 4.69) is 30.7 Å². The Morgan fingerprint density at radius 1 is 1.20 bits per heavy atom. The topological polar surface area (TPSA) is 32.6 Å². The van der Waals surface area contributed by atoms with E-state index in [9.17, 15) is 5.11 Å². The number of aromatic hydroxyl groups is 1. The highest BCUT2D eigenvalue weighted by molar-refractivity contribution is 6.89. The molecule has 1 aromatic carbocycles. The summed E-state index contributed by atoms with van der Waals surface area (Å²) in [5, 5.41) is 11.5. The van der Waals surface area contributed by atoms with E-state index in [1.165, 1.54) is 32.1 Å². The minimum Gasteiger partial charge on any atom is -0.507 e. The first-order valence-electron chi connectivity index (χ1n) is 7.81. The van der Waals surface area contributed by atoms with Crippen LogP contribution in [0.5, 0.6) is 5.75 Å². The minimum atomic E-state index is -1.49. The third-order valence-corrected chi connectivity index (χ3v) is 6.21. The molecule has 1 saturated carbocycles. The van der Waals surface area contributed by atoms with Gasteiger partial charge < -0.3 is 5.11 Å². The molecule has 1 aromatic rings. The van der Waals surface area contributed by atoms with Crippen molar-refractivity contribution in [3.63, 3.8) is 0 Å². The second kappa shape index (κ2) is 6.57. The van der Waals surface area contributed by atoms with Crippen LogP contribution in [0, 0.1) is 5.92 Å². The van der Waals surface area contributed by atoms with Crippen molar-refractivity contribution in [1.82, 2.24) is 0 Å². The Bertz CT molecular complexity index is 470. The molecule has 0 unspecified atom stereocenters. The van der Waals surface area contributed by atoms with Crippen molar-refractivity contribution in [2.24, 2.45) is 10.9 Å². The minimum absolute atomic E-state index is 0.444. The van der Waals surface area contributed by atoms with Crippen LogP contribution >= 0.6 is 0 Å². The standard InChI is InChI=1S/C17H27NOSi/c1-20(2,3)16-11-7-10-15(17(16)19)13-18-12-14-8-5-4-6-9-14/h7,10-11,13-14,19H,4-6,8-9,12H2,1-3H3. The molecular weight excluding hydrogens is 262 g/mol. The van der Waals surface area contributed by atoms with Gasteiger partial charge in [0.15, 0.2) is 0 Å². The van der Waals surface area contributed by atoms with Gasteiger partial charge in [-0.3, -0.25) is 4.99 Å². The molecule has 2 nitrogen and oxygen atoms in total. The summed E-state index contributed by atoms with van der Waals surface area (Å²) in [4.78, 5) is 4.58. The molecule has 1 aliphatic carbocycles. The summed E-state index contributed by atoms with van der Waals surface area (Å²) in [5.74, 6) is 1.20. The van der Waals surface area contributed by atoms with Gasteiger partial charge in [0.05, 0.1) is 8.07 Å². The second-order valence-electron chi connectivity index (χ2n) is 6.99. The summed E-state index contributed by atoms with van der Waals surface area (Å²) in [6, 6.07) is 6.05. The largest absolute Gasteiger partial charge is 0.507 e. The van der Waals surface area contributed by atoms with E-state index in [0.717, 1.165) is 23.2 Å². The normalized spacial score (nSPS) is 17.8. The van der Waals surface area contributed by atoms with Crippen LogP contribution in [-0.2, 0) is 0 Å². The fraction of sp³-hybridized carbons (Fsp3) is 0.588. The van der Waals surface area contributed by atoms with Gasteiger partial charge >= 0.3 is 0 Å². The van der Waals surface area contributed by atoms with E-state index in [0.29, 0.717) is 5.75 Å². The Hall–Kier alpha value is -1.09. The summed E-state index contributed by atoms with van der Waals surface area (Å²) in [6.07, 6.45) is 8.61. The van der Waals surface area contributed by atoms with Gasteiger partial charge in [-0.1, -0.05) is 51.0 Å². The lowest BCUT2D eigenvalue weighted by atomic mass is 9.89. The van der Waals surface area contributed by atoms with Gasteiger partial charge in [0.1, 0.15) is 5.75 Å². The lowest BCUT2D eigenvalue weighted by Gasteiger charge is -2.20. The molecule has 1 fully saturated rings. The van der Waals surface area contributed by atoms with Gasteiger partial charge in [-0.25, -0.2) is 0 Å². The maximum Gasteiger partial charge on any atom is 0.123 e. The van der Waals surface area contributed by atoms with E-state index in [1.54, 1.807) is 0 Å². The van der Waals surface area contributed by atoms with Gasteiger partial charge in [0, 0.05) is 18.3 Å². The summed E-state index contributed by atoms with van der Waals surface area (Å²) < 4.78 is 0. The van der Waals surface area contributed by atoms with Crippen molar-refractivity contribution >= 4 is 19.5 Å². The Morgan fingerprint density at radius 2 is 1.90 bits per heavy atom. The molecule has 20 heavy (non-hydrogen) atoms. The number of phenolic OH excluding ortho intramolecular Hbond substituents is 1. The lowest BCUT2D eigenvalue weighted by Crippen LogP contribution is -2.37. The van der Waals surface area contributed by atoms with Crippen LogP contribution in [0.15, 0.2) is 23.2 Å². The molecule has 2 rings (SSSR count). The average Bonchev–Trinajstić information content (AvgIpc) is 2.40. The van der Waals surface area contributed by atoms with E-state index in [4.69, 9.17) is 0 Å². The van der Waals surface area contributed by atoms with Crippen LogP contribution in [0.25, 0.3) is 0 Å². The molecule has 110 valence electrons. The fourth-order valence-corrected chi connectivity index (χ4v) is 4.39. The van der Waals surface area contributed by atoms with E-state index >= 15 is 0 Å². The van der Waals surface area contributed by atoms with Crippen LogP contribution in [-0.4, -0.2) is 25.9 Å². The number of rotatable bonds is 4. The number of hydrogen-bond donors (Lipinski definition) is 1. The zero-order valence-corrected chi connectivity index (χ0v) is 14.0. The van der Waals surface area contributed by atoms with Gasteiger partial charge in [-0.05, 0) is 30.0 Å². The number of aliphatic imine (C=N–C) groups is 1. The predicted octanol–water partition coefficient (Wildman–Crippen LogP) is 3.94. The number of benzene rings is 1. The number of nitrogens with zero attached hydrogens (tertiary/aromatic N) is 1. The van der Waals surface area contributed by atoms with E-state index in [-0.39, 0.29) is 0 Å². The van der Waals surface area contributed by atoms with Crippen molar-refractivity contribution < 1.29 is 5.11 Å². The van der Waals surface area contributed by atoms with Crippen LogP contribution in [0.4, 0.5) is 0 Å². The molecule has 1 aliphatic rings. The van der Waals surface area contributed by atoms with E-state index in [1.807, 2.05) is 18.3 Å². The van der Waals surface area contributed by atoms with Gasteiger partial charge in [0.2, 0.25) is 0 Å². The summed E-state index contributed by atoms with van der Waals surface area (Å²) in [5.41, 5.74) is 0.876. The van der Waals surface area contributed by atoms with Gasteiger partial charge in [-0.2, -0.15) is 0 Å². The second-order valence-corrected chi connectivity index (χ2v) is 12.0. The number of phenols is 1. The molecule has 0 bridgehead atoms. The maximum atomic E-state index is 10.4. The summed E-state index contributed by atoms with van der Waals surface area (Å²) >= 11 is 0. The Balaban J connectivity index is 2.05. The lowest BCUT2D eigenvalue weighted by molar-refractivity contribution is 0.367. The molecular formula is C17H27NOSi. The third kappa shape index (κ3) is 3.95. The summed E-state index contributed by atoms with van der Waals surface area (Å²) in [7, 11) is -1.49. The van der Waals surface area contributed by atoms with Crippen molar-refractivity contribution in [3.05, 3.63) is 23.8 Å². The van der Waals surface area contributed by atoms with Crippen molar-refractivity contribution in [3.8, 4) is 5.75 Å². The van der Waals surface area contributed by atoms with Crippen LogP contribution in [0.2, 0.25) is 19.6 Å².